The Morgan fingerprint density at radius 3 is 2.73 bits per heavy atom. The number of carbonyl (C=O) groups is 1. The van der Waals surface area contributed by atoms with Crippen LogP contribution in [0.1, 0.15) is 33.9 Å². The second-order valence-corrected chi connectivity index (χ2v) is 6.23. The zero-order valence-corrected chi connectivity index (χ0v) is 13.8. The number of carbonyl (C=O) groups excluding carboxylic acids is 1. The molecule has 0 saturated heterocycles. The molecule has 1 heterocycles. The molecule has 0 spiro atoms. The summed E-state index contributed by atoms with van der Waals surface area (Å²) in [4.78, 5) is 23.1. The van der Waals surface area contributed by atoms with Crippen LogP contribution in [0.25, 0.3) is 11.3 Å². The van der Waals surface area contributed by atoms with Crippen LogP contribution in [0, 0.1) is 10.1 Å². The highest BCUT2D eigenvalue weighted by atomic mass is 16.6. The Kier molecular flexibility index (Phi) is 3.96. The average Bonchev–Trinajstić information content (AvgIpc) is 3.29. The van der Waals surface area contributed by atoms with Crippen LogP contribution in [-0.2, 0) is 6.42 Å². The van der Waals surface area contributed by atoms with Crippen molar-refractivity contribution in [2.75, 3.05) is 0 Å². The number of aromatic amines is 1. The van der Waals surface area contributed by atoms with E-state index in [1.807, 2.05) is 18.2 Å². The fourth-order valence-electron chi connectivity index (χ4n) is 3.37. The Hall–Kier alpha value is -3.48. The molecule has 7 heteroatoms. The zero-order chi connectivity index (χ0) is 18.1. The second-order valence-electron chi connectivity index (χ2n) is 6.23. The number of nitro benzene ring substituents is 1. The predicted octanol–water partition coefficient (Wildman–Crippen LogP) is 3.40. The van der Waals surface area contributed by atoms with E-state index in [9.17, 15) is 14.9 Å². The van der Waals surface area contributed by atoms with Gasteiger partial charge in [-0.05, 0) is 36.1 Å². The van der Waals surface area contributed by atoms with Crippen LogP contribution in [0.3, 0.4) is 0 Å². The number of nitrogens with one attached hydrogen (secondary N) is 2. The van der Waals surface area contributed by atoms with Crippen LogP contribution in [0.4, 0.5) is 5.69 Å². The van der Waals surface area contributed by atoms with Gasteiger partial charge in [0.05, 0.1) is 28.4 Å². The molecule has 1 amide bonds. The van der Waals surface area contributed by atoms with Crippen LogP contribution in [0.2, 0.25) is 0 Å². The molecule has 3 aromatic rings. The maximum Gasteiger partial charge on any atom is 0.269 e. The van der Waals surface area contributed by atoms with Crippen molar-refractivity contribution in [3.8, 4) is 11.3 Å². The van der Waals surface area contributed by atoms with Crippen LogP contribution in [-0.4, -0.2) is 21.0 Å². The summed E-state index contributed by atoms with van der Waals surface area (Å²) >= 11 is 0. The number of benzene rings is 2. The first-order chi connectivity index (χ1) is 12.6. The predicted molar refractivity (Wildman–Crippen MR) is 95.6 cm³/mol. The summed E-state index contributed by atoms with van der Waals surface area (Å²) in [5.41, 5.74) is 4.06. The van der Waals surface area contributed by atoms with Gasteiger partial charge in [-0.3, -0.25) is 20.0 Å². The first-order valence-corrected chi connectivity index (χ1v) is 8.30. The Morgan fingerprint density at radius 1 is 1.19 bits per heavy atom. The molecule has 7 nitrogen and oxygen atoms in total. The van der Waals surface area contributed by atoms with E-state index in [1.54, 1.807) is 12.1 Å². The van der Waals surface area contributed by atoms with Crippen molar-refractivity contribution in [3.63, 3.8) is 0 Å². The first-order valence-electron chi connectivity index (χ1n) is 8.30. The van der Waals surface area contributed by atoms with Gasteiger partial charge in [0.1, 0.15) is 0 Å². The molecule has 0 unspecified atom stereocenters. The first kappa shape index (κ1) is 16.0. The summed E-state index contributed by atoms with van der Waals surface area (Å²) in [5, 5.41) is 20.7. The van der Waals surface area contributed by atoms with E-state index in [0.717, 1.165) is 18.4 Å². The normalized spacial score (nSPS) is 15.5. The number of amides is 1. The molecule has 1 aliphatic rings. The third kappa shape index (κ3) is 2.83. The standard InChI is InChI=1S/C19H16N4O3/c24-19(21-17-10-7-12-3-1-2-4-15(12)17)16-11-20-22-18(16)13-5-8-14(9-6-13)23(25)26/h1-6,8-9,11,17H,7,10H2,(H,20,22)(H,21,24)/t17-/m0/s1. The number of non-ortho nitro benzene ring substituents is 1. The highest BCUT2D eigenvalue weighted by Crippen LogP contribution is 2.31. The number of H-pyrrole nitrogens is 1. The van der Waals surface area contributed by atoms with Gasteiger partial charge in [0, 0.05) is 17.7 Å². The molecule has 1 aromatic heterocycles. The molecule has 4 rings (SSSR count). The number of nitro groups is 1. The van der Waals surface area contributed by atoms with Crippen molar-refractivity contribution in [2.45, 2.75) is 18.9 Å². The van der Waals surface area contributed by atoms with Gasteiger partial charge >= 0.3 is 0 Å². The van der Waals surface area contributed by atoms with Crippen LogP contribution in [0.5, 0.6) is 0 Å². The minimum absolute atomic E-state index is 0.00169. The van der Waals surface area contributed by atoms with Crippen LogP contribution >= 0.6 is 0 Å². The van der Waals surface area contributed by atoms with Gasteiger partial charge in [-0.2, -0.15) is 5.10 Å². The fourth-order valence-corrected chi connectivity index (χ4v) is 3.37. The maximum atomic E-state index is 12.8. The summed E-state index contributed by atoms with van der Waals surface area (Å²) < 4.78 is 0. The molecule has 1 atom stereocenters. The Labute approximate surface area is 149 Å². The third-order valence-electron chi connectivity index (χ3n) is 4.69. The lowest BCUT2D eigenvalue weighted by atomic mass is 10.1. The lowest BCUT2D eigenvalue weighted by Crippen LogP contribution is -2.27. The van der Waals surface area contributed by atoms with E-state index in [1.165, 1.54) is 23.9 Å². The van der Waals surface area contributed by atoms with Gasteiger partial charge in [-0.25, -0.2) is 0 Å². The van der Waals surface area contributed by atoms with Gasteiger partial charge in [-0.1, -0.05) is 24.3 Å². The van der Waals surface area contributed by atoms with Gasteiger partial charge in [0.2, 0.25) is 0 Å². The molecule has 2 N–H and O–H groups in total. The second kappa shape index (κ2) is 6.44. The number of rotatable bonds is 4. The number of aryl methyl sites for hydroxylation is 1. The third-order valence-corrected chi connectivity index (χ3v) is 4.69. The minimum atomic E-state index is -0.456. The van der Waals surface area contributed by atoms with Gasteiger partial charge in [0.15, 0.2) is 0 Å². The summed E-state index contributed by atoms with van der Waals surface area (Å²) in [7, 11) is 0. The summed E-state index contributed by atoms with van der Waals surface area (Å²) in [5.74, 6) is -0.214. The van der Waals surface area contributed by atoms with Crippen molar-refractivity contribution >= 4 is 11.6 Å². The Balaban J connectivity index is 1.57. The van der Waals surface area contributed by atoms with Crippen molar-refractivity contribution in [2.24, 2.45) is 0 Å². The molecule has 130 valence electrons. The monoisotopic (exact) mass is 348 g/mol. The highest BCUT2D eigenvalue weighted by Gasteiger charge is 2.25. The Morgan fingerprint density at radius 2 is 1.96 bits per heavy atom. The topological polar surface area (TPSA) is 101 Å². The van der Waals surface area contributed by atoms with Crippen molar-refractivity contribution in [3.05, 3.63) is 81.5 Å². The molecule has 1 aliphatic carbocycles. The summed E-state index contributed by atoms with van der Waals surface area (Å²) in [6, 6.07) is 14.1. The molecule has 0 aliphatic heterocycles. The number of hydrogen-bond donors (Lipinski definition) is 2. The fraction of sp³-hybridized carbons (Fsp3) is 0.158. The molecule has 0 radical (unpaired) electrons. The minimum Gasteiger partial charge on any atom is -0.345 e. The van der Waals surface area contributed by atoms with Crippen molar-refractivity contribution in [1.29, 1.82) is 0 Å². The zero-order valence-electron chi connectivity index (χ0n) is 13.8. The average molecular weight is 348 g/mol. The summed E-state index contributed by atoms with van der Waals surface area (Å²) in [6.07, 6.45) is 3.30. The number of fused-ring (bicyclic) bond motifs is 1. The highest BCUT2D eigenvalue weighted by molar-refractivity contribution is 6.00. The molecular weight excluding hydrogens is 332 g/mol. The number of hydrogen-bond acceptors (Lipinski definition) is 4. The molecule has 0 fully saturated rings. The van der Waals surface area contributed by atoms with Crippen molar-refractivity contribution < 1.29 is 9.72 Å². The number of nitrogens with zero attached hydrogens (tertiary/aromatic N) is 2. The molecule has 2 aromatic carbocycles. The molecular formula is C19H16N4O3. The summed E-state index contributed by atoms with van der Waals surface area (Å²) in [6.45, 7) is 0. The lowest BCUT2D eigenvalue weighted by Gasteiger charge is -2.14. The van der Waals surface area contributed by atoms with Crippen LogP contribution in [0.15, 0.2) is 54.7 Å². The maximum absolute atomic E-state index is 12.8. The van der Waals surface area contributed by atoms with E-state index < -0.39 is 4.92 Å². The molecule has 26 heavy (non-hydrogen) atoms. The Bertz CT molecular complexity index is 978. The SMILES string of the molecule is O=C(N[C@H]1CCc2ccccc21)c1cn[nH]c1-c1ccc([N+](=O)[O-])cc1. The van der Waals surface area contributed by atoms with E-state index in [4.69, 9.17) is 0 Å². The smallest absolute Gasteiger partial charge is 0.269 e. The van der Waals surface area contributed by atoms with E-state index in [2.05, 4.69) is 21.6 Å². The van der Waals surface area contributed by atoms with Gasteiger partial charge in [0.25, 0.3) is 11.6 Å². The van der Waals surface area contributed by atoms with E-state index in [-0.39, 0.29) is 17.6 Å². The van der Waals surface area contributed by atoms with E-state index in [0.29, 0.717) is 16.8 Å². The van der Waals surface area contributed by atoms with Gasteiger partial charge in [-0.15, -0.1) is 0 Å². The lowest BCUT2D eigenvalue weighted by molar-refractivity contribution is -0.384. The van der Waals surface area contributed by atoms with Gasteiger partial charge < -0.3 is 5.32 Å². The quantitative estimate of drug-likeness (QED) is 0.557. The number of aromatic nitrogens is 2. The molecule has 0 bridgehead atoms. The van der Waals surface area contributed by atoms with Crippen LogP contribution < -0.4 is 5.32 Å². The van der Waals surface area contributed by atoms with Crippen molar-refractivity contribution in [1.82, 2.24) is 15.5 Å². The largest absolute Gasteiger partial charge is 0.345 e. The molecule has 0 saturated carbocycles. The van der Waals surface area contributed by atoms with E-state index >= 15 is 0 Å².